The molecule has 2 spiro atoms. The molecule has 160 valence electrons. The third-order valence-corrected chi connectivity index (χ3v) is 8.10. The van der Waals surface area contributed by atoms with Gasteiger partial charge in [-0.3, -0.25) is 4.79 Å². The molecule has 3 aliphatic heterocycles. The fraction of sp³-hybridized carbons (Fsp3) is 0.895. The lowest BCUT2D eigenvalue weighted by atomic mass is 9.71. The van der Waals surface area contributed by atoms with E-state index in [2.05, 4.69) is 5.32 Å². The van der Waals surface area contributed by atoms with Crippen LogP contribution in [0.5, 0.6) is 0 Å². The largest absolute Gasteiger partial charge is 0.337 e. The van der Waals surface area contributed by atoms with Gasteiger partial charge in [-0.05, 0) is 52.9 Å². The third-order valence-electron chi connectivity index (χ3n) is 6.80. The van der Waals surface area contributed by atoms with E-state index in [0.717, 1.165) is 19.3 Å². The van der Waals surface area contributed by atoms with Gasteiger partial charge in [-0.2, -0.15) is 0 Å². The van der Waals surface area contributed by atoms with Crippen LogP contribution in [0, 0.1) is 5.41 Å². The van der Waals surface area contributed by atoms with Crippen LogP contribution in [-0.4, -0.2) is 85.0 Å². The number of rotatable bonds is 3. The van der Waals surface area contributed by atoms with Crippen molar-refractivity contribution in [2.75, 3.05) is 39.0 Å². The smallest absolute Gasteiger partial charge is 0.317 e. The van der Waals surface area contributed by atoms with Crippen LogP contribution in [-0.2, 0) is 14.8 Å². The molecule has 0 atom stereocenters. The van der Waals surface area contributed by atoms with Gasteiger partial charge in [0.1, 0.15) is 0 Å². The average Bonchev–Trinajstić information content (AvgIpc) is 2.82. The Hall–Kier alpha value is -1.35. The van der Waals surface area contributed by atoms with Crippen LogP contribution in [0.1, 0.15) is 52.9 Å². The van der Waals surface area contributed by atoms with Crippen molar-refractivity contribution in [3.63, 3.8) is 0 Å². The maximum Gasteiger partial charge on any atom is 0.317 e. The summed E-state index contributed by atoms with van der Waals surface area (Å²) in [6.45, 7) is 8.70. The van der Waals surface area contributed by atoms with E-state index in [1.165, 1.54) is 10.6 Å². The molecule has 3 aliphatic rings. The summed E-state index contributed by atoms with van der Waals surface area (Å²) in [5.41, 5.74) is -0.646. The number of likely N-dealkylation sites (tertiary alicyclic amines) is 2. The zero-order valence-corrected chi connectivity index (χ0v) is 18.3. The zero-order chi connectivity index (χ0) is 20.7. The van der Waals surface area contributed by atoms with Crippen LogP contribution < -0.4 is 5.32 Å². The van der Waals surface area contributed by atoms with Crippen molar-refractivity contribution in [3.8, 4) is 0 Å². The summed E-state index contributed by atoms with van der Waals surface area (Å²) in [7, 11) is -3.21. The van der Waals surface area contributed by atoms with Crippen molar-refractivity contribution in [2.45, 2.75) is 64.5 Å². The van der Waals surface area contributed by atoms with Gasteiger partial charge in [-0.1, -0.05) is 0 Å². The predicted octanol–water partition coefficient (Wildman–Crippen LogP) is 1.23. The van der Waals surface area contributed by atoms with Crippen LogP contribution >= 0.6 is 0 Å². The molecule has 3 saturated heterocycles. The summed E-state index contributed by atoms with van der Waals surface area (Å²) in [5, 5.41) is 2.95. The van der Waals surface area contributed by atoms with Crippen LogP contribution in [0.3, 0.4) is 0 Å². The Kier molecular flexibility index (Phi) is 5.71. The van der Waals surface area contributed by atoms with Crippen molar-refractivity contribution in [3.05, 3.63) is 0 Å². The Morgan fingerprint density at radius 2 is 1.68 bits per heavy atom. The lowest BCUT2D eigenvalue weighted by Gasteiger charge is -2.45. The molecule has 0 saturated carbocycles. The molecule has 0 aromatic rings. The van der Waals surface area contributed by atoms with Crippen molar-refractivity contribution in [1.82, 2.24) is 19.4 Å². The normalized spacial score (nSPS) is 25.1. The van der Waals surface area contributed by atoms with E-state index in [4.69, 9.17) is 0 Å². The fourth-order valence-electron chi connectivity index (χ4n) is 5.33. The minimum atomic E-state index is -3.21. The first-order valence-corrected chi connectivity index (χ1v) is 12.2. The first kappa shape index (κ1) is 21.4. The maximum absolute atomic E-state index is 13.4. The van der Waals surface area contributed by atoms with Crippen LogP contribution in [0.2, 0.25) is 0 Å². The zero-order valence-electron chi connectivity index (χ0n) is 17.5. The van der Waals surface area contributed by atoms with Crippen LogP contribution in [0.25, 0.3) is 0 Å². The lowest BCUT2D eigenvalue weighted by Crippen LogP contribution is -2.56. The van der Waals surface area contributed by atoms with E-state index in [1.807, 2.05) is 30.6 Å². The van der Waals surface area contributed by atoms with Crippen LogP contribution in [0.4, 0.5) is 4.79 Å². The second-order valence-electron chi connectivity index (χ2n) is 8.98. The minimum absolute atomic E-state index is 0.0339. The SMILES string of the molecule is CCN1C(=O)C2(CCN(S(C)(=O)=O)CC2)CC12CCN(C(=O)NC(C)C)CC2. The highest BCUT2D eigenvalue weighted by Crippen LogP contribution is 2.52. The lowest BCUT2D eigenvalue weighted by molar-refractivity contribution is -0.140. The Labute approximate surface area is 168 Å². The first-order valence-electron chi connectivity index (χ1n) is 10.4. The van der Waals surface area contributed by atoms with Crippen molar-refractivity contribution >= 4 is 22.0 Å². The summed E-state index contributed by atoms with van der Waals surface area (Å²) in [6.07, 6.45) is 4.78. The van der Waals surface area contributed by atoms with Crippen molar-refractivity contribution < 1.29 is 18.0 Å². The van der Waals surface area contributed by atoms with Gasteiger partial charge in [-0.15, -0.1) is 0 Å². The van der Waals surface area contributed by atoms with Gasteiger partial charge in [0.15, 0.2) is 0 Å². The molecule has 0 bridgehead atoms. The fourth-order valence-corrected chi connectivity index (χ4v) is 6.18. The average molecular weight is 415 g/mol. The number of urea groups is 1. The van der Waals surface area contributed by atoms with Gasteiger partial charge in [0.25, 0.3) is 0 Å². The molecular weight excluding hydrogens is 380 g/mol. The van der Waals surface area contributed by atoms with E-state index in [1.54, 1.807) is 0 Å². The number of carbonyl (C=O) groups is 2. The molecule has 9 heteroatoms. The Morgan fingerprint density at radius 1 is 1.11 bits per heavy atom. The Balaban J connectivity index is 1.72. The molecule has 3 fully saturated rings. The molecule has 8 nitrogen and oxygen atoms in total. The molecule has 3 heterocycles. The summed E-state index contributed by atoms with van der Waals surface area (Å²) in [6, 6.07) is 0.0697. The minimum Gasteiger partial charge on any atom is -0.337 e. The molecule has 0 aliphatic carbocycles. The van der Waals surface area contributed by atoms with E-state index in [9.17, 15) is 18.0 Å². The monoisotopic (exact) mass is 414 g/mol. The molecule has 0 aromatic heterocycles. The highest BCUT2D eigenvalue weighted by molar-refractivity contribution is 7.88. The van der Waals surface area contributed by atoms with E-state index < -0.39 is 15.4 Å². The summed E-state index contributed by atoms with van der Waals surface area (Å²) in [5.74, 6) is 0.184. The van der Waals surface area contributed by atoms with Gasteiger partial charge in [0, 0.05) is 44.3 Å². The highest BCUT2D eigenvalue weighted by Gasteiger charge is 2.59. The summed E-state index contributed by atoms with van der Waals surface area (Å²) >= 11 is 0. The van der Waals surface area contributed by atoms with E-state index in [0.29, 0.717) is 45.6 Å². The van der Waals surface area contributed by atoms with Crippen LogP contribution in [0.15, 0.2) is 0 Å². The van der Waals surface area contributed by atoms with Gasteiger partial charge < -0.3 is 15.1 Å². The quantitative estimate of drug-likeness (QED) is 0.752. The Morgan fingerprint density at radius 3 is 2.14 bits per heavy atom. The molecule has 0 unspecified atom stereocenters. The molecular formula is C19H34N4O4S. The molecule has 0 radical (unpaired) electrons. The number of piperidine rings is 2. The number of hydrogen-bond donors (Lipinski definition) is 1. The molecule has 1 N–H and O–H groups in total. The molecule has 0 aromatic carbocycles. The number of nitrogens with one attached hydrogen (secondary N) is 1. The topological polar surface area (TPSA) is 90.0 Å². The number of hydrogen-bond acceptors (Lipinski definition) is 4. The van der Waals surface area contributed by atoms with E-state index >= 15 is 0 Å². The maximum atomic E-state index is 13.4. The standard InChI is InChI=1S/C19H34N4O4S/c1-5-23-16(24)18(6-12-22(13-7-18)28(4,26)27)14-19(23)8-10-21(11-9-19)17(25)20-15(2)3/h15H,5-14H2,1-4H3,(H,20,25). The summed E-state index contributed by atoms with van der Waals surface area (Å²) in [4.78, 5) is 29.6. The predicted molar refractivity (Wildman–Crippen MR) is 107 cm³/mol. The molecule has 28 heavy (non-hydrogen) atoms. The number of carbonyl (C=O) groups excluding carboxylic acids is 2. The van der Waals surface area contributed by atoms with Crippen molar-refractivity contribution in [2.24, 2.45) is 5.41 Å². The molecule has 3 rings (SSSR count). The van der Waals surface area contributed by atoms with Gasteiger partial charge in [0.05, 0.1) is 11.7 Å². The second-order valence-corrected chi connectivity index (χ2v) is 11.0. The first-order chi connectivity index (χ1) is 13.0. The number of nitrogens with zero attached hydrogens (tertiary/aromatic N) is 3. The van der Waals surface area contributed by atoms with Gasteiger partial charge in [0.2, 0.25) is 15.9 Å². The molecule has 3 amide bonds. The Bertz CT molecular complexity index is 720. The van der Waals surface area contributed by atoms with Gasteiger partial charge in [-0.25, -0.2) is 17.5 Å². The number of amides is 3. The van der Waals surface area contributed by atoms with E-state index in [-0.39, 0.29) is 23.5 Å². The third kappa shape index (κ3) is 3.75. The van der Waals surface area contributed by atoms with Gasteiger partial charge >= 0.3 is 6.03 Å². The summed E-state index contributed by atoms with van der Waals surface area (Å²) < 4.78 is 25.2. The highest BCUT2D eigenvalue weighted by atomic mass is 32.2. The second kappa shape index (κ2) is 7.48. The van der Waals surface area contributed by atoms with Crippen molar-refractivity contribution in [1.29, 1.82) is 0 Å². The number of sulfonamides is 1.